The van der Waals surface area contributed by atoms with E-state index in [1.807, 2.05) is 30.3 Å². The van der Waals surface area contributed by atoms with Crippen LogP contribution in [-0.2, 0) is 4.79 Å². The summed E-state index contributed by atoms with van der Waals surface area (Å²) in [5, 5.41) is 21.3. The molecule has 186 valence electrons. The number of thiazole rings is 1. The van der Waals surface area contributed by atoms with Gasteiger partial charge in [-0.15, -0.1) is 11.3 Å². The average Bonchev–Trinajstić information content (AvgIpc) is 3.40. The number of halogens is 3. The van der Waals surface area contributed by atoms with Crippen LogP contribution < -0.4 is 4.90 Å². The van der Waals surface area contributed by atoms with Crippen molar-refractivity contribution in [2.45, 2.75) is 13.0 Å². The summed E-state index contributed by atoms with van der Waals surface area (Å²) >= 11 is 7.21. The lowest BCUT2D eigenvalue weighted by molar-refractivity contribution is -0.117. The largest absolute Gasteiger partial charge is 0.506 e. The minimum Gasteiger partial charge on any atom is -0.506 e. The number of phenols is 1. The maximum atomic E-state index is 14.1. The summed E-state index contributed by atoms with van der Waals surface area (Å²) in [4.78, 5) is 32.8. The molecule has 0 spiro atoms. The zero-order valence-corrected chi connectivity index (χ0v) is 20.6. The number of aliphatic hydroxyl groups excluding tert-OH is 1. The van der Waals surface area contributed by atoms with E-state index in [1.54, 1.807) is 6.92 Å². The van der Waals surface area contributed by atoms with E-state index in [9.17, 15) is 28.6 Å². The maximum Gasteiger partial charge on any atom is 0.294 e. The molecule has 0 radical (unpaired) electrons. The van der Waals surface area contributed by atoms with E-state index in [1.165, 1.54) is 18.2 Å². The Morgan fingerprint density at radius 1 is 1.03 bits per heavy atom. The molecule has 1 atom stereocenters. The Kier molecular flexibility index (Phi) is 6.26. The number of aromatic nitrogens is 1. The summed E-state index contributed by atoms with van der Waals surface area (Å²) in [6.45, 7) is 1.64. The van der Waals surface area contributed by atoms with Crippen molar-refractivity contribution in [3.63, 3.8) is 0 Å². The minimum absolute atomic E-state index is 0.0614. The van der Waals surface area contributed by atoms with E-state index in [2.05, 4.69) is 4.98 Å². The molecule has 3 aromatic carbocycles. The van der Waals surface area contributed by atoms with Gasteiger partial charge in [-0.2, -0.15) is 0 Å². The van der Waals surface area contributed by atoms with Crippen LogP contribution in [0.5, 0.6) is 5.75 Å². The standard InChI is InChI=1S/C27H17ClF2N2O4S/c1-13-25(37-26(31-13)14-5-3-2-4-6-14)23(34)21-22(15-7-10-20(33)17(28)11-15)32(27(36)24(21)35)16-8-9-18(29)19(30)12-16/h2-12,22,33,35H,1H3. The van der Waals surface area contributed by atoms with Crippen LogP contribution in [-0.4, -0.2) is 26.9 Å². The van der Waals surface area contributed by atoms with E-state index >= 15 is 0 Å². The monoisotopic (exact) mass is 538 g/mol. The molecule has 5 rings (SSSR count). The summed E-state index contributed by atoms with van der Waals surface area (Å²) < 4.78 is 27.8. The predicted molar refractivity (Wildman–Crippen MR) is 136 cm³/mol. The molecule has 2 N–H and O–H groups in total. The molecule has 1 amide bonds. The van der Waals surface area contributed by atoms with Crippen molar-refractivity contribution in [1.82, 2.24) is 4.98 Å². The van der Waals surface area contributed by atoms with Crippen LogP contribution in [0.25, 0.3) is 10.6 Å². The lowest BCUT2D eigenvalue weighted by atomic mass is 9.94. The maximum absolute atomic E-state index is 14.1. The normalized spacial score (nSPS) is 15.5. The van der Waals surface area contributed by atoms with Crippen molar-refractivity contribution < 1.29 is 28.6 Å². The van der Waals surface area contributed by atoms with Gasteiger partial charge in [-0.05, 0) is 36.8 Å². The molecule has 1 aliphatic rings. The van der Waals surface area contributed by atoms with Gasteiger partial charge in [-0.3, -0.25) is 14.5 Å². The van der Waals surface area contributed by atoms with Crippen molar-refractivity contribution in [3.8, 4) is 16.3 Å². The molecule has 6 nitrogen and oxygen atoms in total. The number of nitrogens with zero attached hydrogens (tertiary/aromatic N) is 2. The highest BCUT2D eigenvalue weighted by Crippen LogP contribution is 2.44. The Bertz CT molecular complexity index is 1600. The van der Waals surface area contributed by atoms with Crippen LogP contribution in [0.15, 0.2) is 78.1 Å². The molecular formula is C27H17ClF2N2O4S. The van der Waals surface area contributed by atoms with Gasteiger partial charge in [0.25, 0.3) is 5.91 Å². The van der Waals surface area contributed by atoms with E-state index in [-0.39, 0.29) is 32.5 Å². The summed E-state index contributed by atoms with van der Waals surface area (Å²) in [6.07, 6.45) is 0. The van der Waals surface area contributed by atoms with Gasteiger partial charge in [0, 0.05) is 17.3 Å². The Morgan fingerprint density at radius 2 is 1.76 bits per heavy atom. The third-order valence-electron chi connectivity index (χ3n) is 5.95. The average molecular weight is 539 g/mol. The van der Waals surface area contributed by atoms with Crippen molar-refractivity contribution in [3.05, 3.63) is 111 Å². The number of hydrogen-bond donors (Lipinski definition) is 2. The molecule has 0 fully saturated rings. The molecule has 4 aromatic rings. The number of phenolic OH excluding ortho intramolecular Hbond substituents is 1. The summed E-state index contributed by atoms with van der Waals surface area (Å²) in [5.41, 5.74) is 1.09. The number of ketones is 1. The molecule has 0 saturated carbocycles. The van der Waals surface area contributed by atoms with Gasteiger partial charge in [0.1, 0.15) is 10.8 Å². The molecule has 0 bridgehead atoms. The van der Waals surface area contributed by atoms with Gasteiger partial charge in [0.15, 0.2) is 17.4 Å². The Balaban J connectivity index is 1.66. The van der Waals surface area contributed by atoms with Crippen LogP contribution in [0.1, 0.15) is 27.0 Å². The zero-order valence-electron chi connectivity index (χ0n) is 19.1. The molecule has 1 aliphatic heterocycles. The van der Waals surface area contributed by atoms with Gasteiger partial charge >= 0.3 is 0 Å². The molecule has 37 heavy (non-hydrogen) atoms. The molecule has 1 unspecified atom stereocenters. The molecule has 0 saturated heterocycles. The minimum atomic E-state index is -1.25. The third-order valence-corrected chi connectivity index (χ3v) is 7.45. The molecule has 1 aromatic heterocycles. The number of aryl methyl sites for hydroxylation is 1. The fourth-order valence-electron chi connectivity index (χ4n) is 4.18. The molecule has 2 heterocycles. The number of aliphatic hydroxyl groups is 1. The summed E-state index contributed by atoms with van der Waals surface area (Å²) in [7, 11) is 0. The van der Waals surface area contributed by atoms with Crippen LogP contribution in [0.2, 0.25) is 5.02 Å². The fourth-order valence-corrected chi connectivity index (χ4v) is 5.40. The Hall–Kier alpha value is -4.08. The van der Waals surface area contributed by atoms with Crippen LogP contribution >= 0.6 is 22.9 Å². The van der Waals surface area contributed by atoms with Crippen molar-refractivity contribution in [1.29, 1.82) is 0 Å². The van der Waals surface area contributed by atoms with Crippen molar-refractivity contribution in [2.75, 3.05) is 4.90 Å². The molecule has 0 aliphatic carbocycles. The van der Waals surface area contributed by atoms with Gasteiger partial charge in [-0.1, -0.05) is 48.0 Å². The van der Waals surface area contributed by atoms with Gasteiger partial charge in [-0.25, -0.2) is 13.8 Å². The lowest BCUT2D eigenvalue weighted by Gasteiger charge is -2.27. The van der Waals surface area contributed by atoms with E-state index < -0.39 is 35.1 Å². The van der Waals surface area contributed by atoms with Gasteiger partial charge in [0.2, 0.25) is 5.78 Å². The number of benzene rings is 3. The van der Waals surface area contributed by atoms with Gasteiger partial charge in [0.05, 0.1) is 27.2 Å². The number of hydrogen-bond acceptors (Lipinski definition) is 6. The van der Waals surface area contributed by atoms with Crippen LogP contribution in [0.3, 0.4) is 0 Å². The number of amides is 1. The topological polar surface area (TPSA) is 90.7 Å². The first-order valence-electron chi connectivity index (χ1n) is 10.9. The Labute approximate surface area is 218 Å². The first kappa shape index (κ1) is 24.6. The van der Waals surface area contributed by atoms with Crippen molar-refractivity contribution in [2.24, 2.45) is 0 Å². The highest BCUT2D eigenvalue weighted by atomic mass is 35.5. The number of aromatic hydroxyl groups is 1. The second kappa shape index (κ2) is 9.42. The first-order valence-corrected chi connectivity index (χ1v) is 12.1. The number of rotatable bonds is 5. The smallest absolute Gasteiger partial charge is 0.294 e. The highest BCUT2D eigenvalue weighted by Gasteiger charge is 2.45. The predicted octanol–water partition coefficient (Wildman–Crippen LogP) is 6.54. The molecule has 10 heteroatoms. The SMILES string of the molecule is Cc1nc(-c2ccccc2)sc1C(=O)C1=C(O)C(=O)N(c2ccc(F)c(F)c2)C1c1ccc(O)c(Cl)c1. The fraction of sp³-hybridized carbons (Fsp3) is 0.0741. The number of anilines is 1. The second-order valence-electron chi connectivity index (χ2n) is 8.28. The Morgan fingerprint density at radius 3 is 2.43 bits per heavy atom. The summed E-state index contributed by atoms with van der Waals surface area (Å²) in [6, 6.07) is 14.8. The quantitative estimate of drug-likeness (QED) is 0.282. The van der Waals surface area contributed by atoms with Crippen LogP contribution in [0.4, 0.5) is 14.5 Å². The van der Waals surface area contributed by atoms with Gasteiger partial charge < -0.3 is 10.2 Å². The molecular weight excluding hydrogens is 522 g/mol. The number of carbonyl (C=O) groups is 2. The third kappa shape index (κ3) is 4.26. The van der Waals surface area contributed by atoms with E-state index in [0.717, 1.165) is 40.0 Å². The second-order valence-corrected chi connectivity index (χ2v) is 9.68. The number of carbonyl (C=O) groups excluding carboxylic acids is 2. The highest BCUT2D eigenvalue weighted by molar-refractivity contribution is 7.17. The van der Waals surface area contributed by atoms with E-state index in [0.29, 0.717) is 10.7 Å². The lowest BCUT2D eigenvalue weighted by Crippen LogP contribution is -2.31. The zero-order chi connectivity index (χ0) is 26.4. The summed E-state index contributed by atoms with van der Waals surface area (Å²) in [5.74, 6) is -5.03. The van der Waals surface area contributed by atoms with Crippen LogP contribution in [0, 0.1) is 18.6 Å². The van der Waals surface area contributed by atoms with Crippen molar-refractivity contribution >= 4 is 40.3 Å². The first-order chi connectivity index (χ1) is 17.7. The number of Topliss-reactive ketones (excluding diaryl/α,β-unsaturated/α-hetero) is 1. The van der Waals surface area contributed by atoms with E-state index in [4.69, 9.17) is 11.6 Å².